The second kappa shape index (κ2) is 6.22. The number of piperazine rings is 1. The predicted molar refractivity (Wildman–Crippen MR) is 83.5 cm³/mol. The molecule has 7 heteroatoms. The van der Waals surface area contributed by atoms with Gasteiger partial charge in [0.1, 0.15) is 0 Å². The fourth-order valence-electron chi connectivity index (χ4n) is 3.10. The smallest absolute Gasteiger partial charge is 0.282 e. The Balaban J connectivity index is 1.88. The maximum absolute atomic E-state index is 12.9. The lowest BCUT2D eigenvalue weighted by Crippen LogP contribution is -2.51. The van der Waals surface area contributed by atoms with Gasteiger partial charge in [-0.3, -0.25) is 0 Å². The molecule has 2 aliphatic rings. The molecule has 0 saturated carbocycles. The van der Waals surface area contributed by atoms with Crippen molar-refractivity contribution < 1.29 is 8.42 Å². The van der Waals surface area contributed by atoms with Crippen LogP contribution >= 0.6 is 11.6 Å². The van der Waals surface area contributed by atoms with E-state index >= 15 is 0 Å². The summed E-state index contributed by atoms with van der Waals surface area (Å²) in [5, 5.41) is 3.83. The molecule has 0 radical (unpaired) electrons. The van der Waals surface area contributed by atoms with Crippen LogP contribution in [-0.2, 0) is 10.2 Å². The van der Waals surface area contributed by atoms with Crippen molar-refractivity contribution in [3.8, 4) is 0 Å². The summed E-state index contributed by atoms with van der Waals surface area (Å²) in [6.07, 6.45) is 1.70. The molecule has 5 nitrogen and oxygen atoms in total. The highest BCUT2D eigenvalue weighted by Gasteiger charge is 2.39. The van der Waals surface area contributed by atoms with Crippen molar-refractivity contribution in [2.45, 2.75) is 18.9 Å². The third-order valence-corrected chi connectivity index (χ3v) is 6.56. The van der Waals surface area contributed by atoms with Crippen LogP contribution in [0.15, 0.2) is 24.3 Å². The van der Waals surface area contributed by atoms with E-state index in [-0.39, 0.29) is 6.04 Å². The summed E-state index contributed by atoms with van der Waals surface area (Å²) < 4.78 is 28.9. The van der Waals surface area contributed by atoms with E-state index in [1.165, 1.54) is 0 Å². The van der Waals surface area contributed by atoms with Crippen LogP contribution in [0.4, 0.5) is 0 Å². The van der Waals surface area contributed by atoms with Crippen molar-refractivity contribution in [3.05, 3.63) is 34.9 Å². The van der Waals surface area contributed by atoms with Gasteiger partial charge in [0.05, 0.1) is 6.04 Å². The average Bonchev–Trinajstić information content (AvgIpc) is 2.99. The van der Waals surface area contributed by atoms with Crippen LogP contribution in [0.25, 0.3) is 0 Å². The Morgan fingerprint density at radius 2 is 1.86 bits per heavy atom. The summed E-state index contributed by atoms with van der Waals surface area (Å²) in [6, 6.07) is 7.40. The Kier molecular flexibility index (Phi) is 4.51. The predicted octanol–water partition coefficient (Wildman–Crippen LogP) is 1.63. The van der Waals surface area contributed by atoms with Gasteiger partial charge in [-0.25, -0.2) is 0 Å². The van der Waals surface area contributed by atoms with Gasteiger partial charge in [-0.1, -0.05) is 29.8 Å². The minimum atomic E-state index is -3.41. The third-order valence-electron chi connectivity index (χ3n) is 4.17. The maximum atomic E-state index is 12.9. The molecular weight excluding hydrogens is 310 g/mol. The molecule has 21 heavy (non-hydrogen) atoms. The summed E-state index contributed by atoms with van der Waals surface area (Å²) in [4.78, 5) is 0. The molecule has 3 rings (SSSR count). The summed E-state index contributed by atoms with van der Waals surface area (Å²) in [7, 11) is -3.41. The summed E-state index contributed by atoms with van der Waals surface area (Å²) in [5.41, 5.74) is 0.912. The second-order valence-corrected chi connectivity index (χ2v) is 7.74. The molecule has 2 aliphatic heterocycles. The summed E-state index contributed by atoms with van der Waals surface area (Å²) in [6.45, 7) is 3.07. The molecule has 0 aliphatic carbocycles. The number of nitrogens with zero attached hydrogens (tertiary/aromatic N) is 2. The van der Waals surface area contributed by atoms with Crippen molar-refractivity contribution in [1.29, 1.82) is 0 Å². The largest absolute Gasteiger partial charge is 0.314 e. The quantitative estimate of drug-likeness (QED) is 0.917. The zero-order chi connectivity index (χ0) is 14.9. The first kappa shape index (κ1) is 15.2. The number of rotatable bonds is 3. The Morgan fingerprint density at radius 1 is 1.14 bits per heavy atom. The molecule has 1 unspecified atom stereocenters. The first-order chi connectivity index (χ1) is 10.1. The number of halogens is 1. The molecule has 116 valence electrons. The zero-order valence-corrected chi connectivity index (χ0v) is 13.4. The molecule has 0 bridgehead atoms. The monoisotopic (exact) mass is 329 g/mol. The van der Waals surface area contributed by atoms with Gasteiger partial charge in [0, 0.05) is 37.7 Å². The van der Waals surface area contributed by atoms with E-state index in [2.05, 4.69) is 5.32 Å². The molecule has 0 amide bonds. The fourth-order valence-corrected chi connectivity index (χ4v) is 5.20. The average molecular weight is 330 g/mol. The first-order valence-electron chi connectivity index (χ1n) is 7.33. The second-order valence-electron chi connectivity index (χ2n) is 5.45. The number of nitrogens with one attached hydrogen (secondary N) is 1. The molecule has 0 aromatic heterocycles. The van der Waals surface area contributed by atoms with Crippen molar-refractivity contribution in [2.24, 2.45) is 0 Å². The van der Waals surface area contributed by atoms with Crippen molar-refractivity contribution in [2.75, 3.05) is 32.7 Å². The standard InChI is InChI=1S/C14H20ClN3O2S/c15-13-5-2-1-4-12(13)14-6-3-9-18(14)21(19,20)17-10-7-16-8-11-17/h1-2,4-5,14,16H,3,6-11H2. The molecule has 2 heterocycles. The van der Waals surface area contributed by atoms with E-state index in [4.69, 9.17) is 11.6 Å². The van der Waals surface area contributed by atoms with E-state index in [0.717, 1.165) is 18.4 Å². The minimum Gasteiger partial charge on any atom is -0.314 e. The van der Waals surface area contributed by atoms with Crippen LogP contribution in [0.3, 0.4) is 0 Å². The Bertz CT molecular complexity index is 602. The molecule has 1 atom stereocenters. The highest BCUT2D eigenvalue weighted by atomic mass is 35.5. The lowest BCUT2D eigenvalue weighted by molar-refractivity contribution is 0.304. The van der Waals surface area contributed by atoms with E-state index in [1.807, 2.05) is 24.3 Å². The molecule has 1 aromatic rings. The Morgan fingerprint density at radius 3 is 2.57 bits per heavy atom. The van der Waals surface area contributed by atoms with Gasteiger partial charge >= 0.3 is 0 Å². The van der Waals surface area contributed by atoms with Crippen LogP contribution in [0.2, 0.25) is 5.02 Å². The maximum Gasteiger partial charge on any atom is 0.282 e. The van der Waals surface area contributed by atoms with Gasteiger partial charge in [-0.05, 0) is 24.5 Å². The number of hydrogen-bond donors (Lipinski definition) is 1. The van der Waals surface area contributed by atoms with Crippen molar-refractivity contribution >= 4 is 21.8 Å². The van der Waals surface area contributed by atoms with E-state index in [0.29, 0.717) is 37.7 Å². The van der Waals surface area contributed by atoms with Crippen LogP contribution < -0.4 is 5.32 Å². The fraction of sp³-hybridized carbons (Fsp3) is 0.571. The minimum absolute atomic E-state index is 0.140. The van der Waals surface area contributed by atoms with Crippen LogP contribution in [0.1, 0.15) is 24.4 Å². The Hall–Kier alpha value is -0.660. The topological polar surface area (TPSA) is 52.7 Å². The molecule has 2 saturated heterocycles. The molecule has 1 N–H and O–H groups in total. The summed E-state index contributed by atoms with van der Waals surface area (Å²) in [5.74, 6) is 0. The van der Waals surface area contributed by atoms with Gasteiger partial charge in [0.15, 0.2) is 0 Å². The molecular formula is C14H20ClN3O2S. The van der Waals surface area contributed by atoms with Crippen LogP contribution in [0.5, 0.6) is 0 Å². The SMILES string of the molecule is O=S(=O)(N1CCNCC1)N1CCCC1c1ccccc1Cl. The van der Waals surface area contributed by atoms with Gasteiger partial charge < -0.3 is 5.32 Å². The van der Waals surface area contributed by atoms with Gasteiger partial charge in [0.2, 0.25) is 0 Å². The molecule has 2 fully saturated rings. The zero-order valence-electron chi connectivity index (χ0n) is 11.8. The highest BCUT2D eigenvalue weighted by Crippen LogP contribution is 2.38. The lowest BCUT2D eigenvalue weighted by Gasteiger charge is -2.33. The highest BCUT2D eigenvalue weighted by molar-refractivity contribution is 7.86. The van der Waals surface area contributed by atoms with Crippen molar-refractivity contribution in [3.63, 3.8) is 0 Å². The van der Waals surface area contributed by atoms with Crippen LogP contribution in [-0.4, -0.2) is 49.8 Å². The van der Waals surface area contributed by atoms with Crippen molar-refractivity contribution in [1.82, 2.24) is 13.9 Å². The Labute approximate surface area is 131 Å². The van der Waals surface area contributed by atoms with Gasteiger partial charge in [-0.15, -0.1) is 0 Å². The van der Waals surface area contributed by atoms with E-state index in [1.54, 1.807) is 8.61 Å². The normalized spacial score (nSPS) is 25.3. The third kappa shape index (κ3) is 2.96. The number of benzene rings is 1. The first-order valence-corrected chi connectivity index (χ1v) is 9.10. The lowest BCUT2D eigenvalue weighted by atomic mass is 10.1. The van der Waals surface area contributed by atoms with E-state index in [9.17, 15) is 8.42 Å². The van der Waals surface area contributed by atoms with Gasteiger partial charge in [0.25, 0.3) is 10.2 Å². The summed E-state index contributed by atoms with van der Waals surface area (Å²) >= 11 is 6.26. The van der Waals surface area contributed by atoms with E-state index < -0.39 is 10.2 Å². The number of hydrogen-bond acceptors (Lipinski definition) is 3. The van der Waals surface area contributed by atoms with Gasteiger partial charge in [-0.2, -0.15) is 17.0 Å². The molecule has 1 aromatic carbocycles. The molecule has 0 spiro atoms. The van der Waals surface area contributed by atoms with Crippen LogP contribution in [0, 0.1) is 0 Å².